The van der Waals surface area contributed by atoms with Gasteiger partial charge in [0.05, 0.1) is 0 Å². The summed E-state index contributed by atoms with van der Waals surface area (Å²) in [5.74, 6) is -1.69. The number of hydrogen-bond acceptors (Lipinski definition) is 1. The topological polar surface area (TPSA) is 9.23 Å². The third-order valence-electron chi connectivity index (χ3n) is 7.24. The Bertz CT molecular complexity index is 1150. The van der Waals surface area contributed by atoms with Gasteiger partial charge in [0, 0.05) is 16.5 Å². The molecule has 1 fully saturated rings. The first-order valence-corrected chi connectivity index (χ1v) is 12.5. The van der Waals surface area contributed by atoms with Crippen molar-refractivity contribution in [2.45, 2.75) is 77.0 Å². The molecular formula is C29H31F5O. The van der Waals surface area contributed by atoms with Gasteiger partial charge in [-0.3, -0.25) is 0 Å². The van der Waals surface area contributed by atoms with Gasteiger partial charge in [-0.15, -0.1) is 13.2 Å². The number of hydrogen-bond donors (Lipinski definition) is 0. The zero-order chi connectivity index (χ0) is 25.0. The molecule has 0 atom stereocenters. The molecule has 3 aromatic carbocycles. The van der Waals surface area contributed by atoms with Crippen LogP contribution in [0.2, 0.25) is 0 Å². The fourth-order valence-electron chi connectivity index (χ4n) is 5.36. The van der Waals surface area contributed by atoms with Gasteiger partial charge in [-0.05, 0) is 54.5 Å². The summed E-state index contributed by atoms with van der Waals surface area (Å²) in [4.78, 5) is 0. The minimum absolute atomic E-state index is 0.132. The van der Waals surface area contributed by atoms with Gasteiger partial charge in [-0.1, -0.05) is 81.5 Å². The Morgan fingerprint density at radius 1 is 0.857 bits per heavy atom. The highest BCUT2D eigenvalue weighted by atomic mass is 19.4. The van der Waals surface area contributed by atoms with E-state index in [1.54, 1.807) is 12.1 Å². The predicted molar refractivity (Wildman–Crippen MR) is 129 cm³/mol. The Hall–Kier alpha value is -2.63. The molecule has 188 valence electrons. The molecule has 4 rings (SSSR count). The van der Waals surface area contributed by atoms with E-state index in [-0.39, 0.29) is 16.5 Å². The summed E-state index contributed by atoms with van der Waals surface area (Å²) in [6.07, 6.45) is 6.05. The SMILES string of the molecule is CCCCCCC1CCC(c2ccc3c(F)c(-c4cccc(F)c4OC(F)(F)F)ccc3c2)CC1. The summed E-state index contributed by atoms with van der Waals surface area (Å²) in [5.41, 5.74) is 0.761. The van der Waals surface area contributed by atoms with E-state index in [0.717, 1.165) is 24.8 Å². The van der Waals surface area contributed by atoms with Crippen molar-refractivity contribution in [3.63, 3.8) is 0 Å². The lowest BCUT2D eigenvalue weighted by atomic mass is 9.76. The molecule has 0 heterocycles. The Morgan fingerprint density at radius 3 is 2.34 bits per heavy atom. The molecule has 0 unspecified atom stereocenters. The number of unbranched alkanes of at least 4 members (excludes halogenated alkanes) is 3. The second-order valence-electron chi connectivity index (χ2n) is 9.64. The Balaban J connectivity index is 1.53. The number of alkyl halides is 3. The molecule has 1 nitrogen and oxygen atoms in total. The zero-order valence-electron chi connectivity index (χ0n) is 19.9. The third-order valence-corrected chi connectivity index (χ3v) is 7.24. The molecule has 1 saturated carbocycles. The van der Waals surface area contributed by atoms with Crippen LogP contribution >= 0.6 is 0 Å². The van der Waals surface area contributed by atoms with Crippen LogP contribution in [0, 0.1) is 17.6 Å². The number of fused-ring (bicyclic) bond motifs is 1. The first-order chi connectivity index (χ1) is 16.8. The standard InChI is InChI=1S/C29H31F5O/c1-2-3-4-5-7-19-10-12-20(13-11-19)21-14-16-23-22(18-21)15-17-24(27(23)31)25-8-6-9-26(30)28(25)35-29(32,33)34/h6,8-9,14-20H,2-5,7,10-13H2,1H3. The average molecular weight is 491 g/mol. The van der Waals surface area contributed by atoms with Crippen LogP contribution in [0.4, 0.5) is 22.0 Å². The molecule has 0 amide bonds. The van der Waals surface area contributed by atoms with Crippen LogP contribution in [-0.4, -0.2) is 6.36 Å². The lowest BCUT2D eigenvalue weighted by molar-refractivity contribution is -0.275. The predicted octanol–water partition coefficient (Wildman–Crippen LogP) is 9.93. The van der Waals surface area contributed by atoms with Gasteiger partial charge in [0.25, 0.3) is 0 Å². The van der Waals surface area contributed by atoms with Crippen LogP contribution in [0.15, 0.2) is 48.5 Å². The monoisotopic (exact) mass is 490 g/mol. The normalized spacial score (nSPS) is 18.7. The molecule has 0 radical (unpaired) electrons. The molecule has 0 aromatic heterocycles. The first kappa shape index (κ1) is 25.5. The van der Waals surface area contributed by atoms with Crippen LogP contribution < -0.4 is 4.74 Å². The fraction of sp³-hybridized carbons (Fsp3) is 0.448. The summed E-state index contributed by atoms with van der Waals surface area (Å²) in [5, 5.41) is 0.971. The van der Waals surface area contributed by atoms with Gasteiger partial charge in [0.1, 0.15) is 5.82 Å². The van der Waals surface area contributed by atoms with Crippen LogP contribution in [0.3, 0.4) is 0 Å². The van der Waals surface area contributed by atoms with Gasteiger partial charge >= 0.3 is 6.36 Å². The maximum absolute atomic E-state index is 15.4. The molecular weight excluding hydrogens is 459 g/mol. The van der Waals surface area contributed by atoms with Crippen LogP contribution in [0.1, 0.15) is 76.2 Å². The number of para-hydroxylation sites is 1. The van der Waals surface area contributed by atoms with Crippen molar-refractivity contribution in [2.24, 2.45) is 5.92 Å². The molecule has 35 heavy (non-hydrogen) atoms. The van der Waals surface area contributed by atoms with Crippen LogP contribution in [0.5, 0.6) is 5.75 Å². The molecule has 0 spiro atoms. The highest BCUT2D eigenvalue weighted by Crippen LogP contribution is 2.41. The Labute approximate surface area is 203 Å². The first-order valence-electron chi connectivity index (χ1n) is 12.5. The van der Waals surface area contributed by atoms with E-state index in [2.05, 4.69) is 11.7 Å². The van der Waals surface area contributed by atoms with Crippen molar-refractivity contribution in [3.05, 3.63) is 65.7 Å². The van der Waals surface area contributed by atoms with E-state index in [1.165, 1.54) is 68.7 Å². The lowest BCUT2D eigenvalue weighted by Crippen LogP contribution is -2.18. The molecule has 1 aliphatic carbocycles. The molecule has 0 N–H and O–H groups in total. The van der Waals surface area contributed by atoms with Crippen molar-refractivity contribution < 1.29 is 26.7 Å². The third kappa shape index (κ3) is 6.14. The fourth-order valence-corrected chi connectivity index (χ4v) is 5.36. The van der Waals surface area contributed by atoms with E-state index >= 15 is 4.39 Å². The highest BCUT2D eigenvalue weighted by molar-refractivity contribution is 5.89. The number of ether oxygens (including phenoxy) is 1. The number of halogens is 5. The van der Waals surface area contributed by atoms with Gasteiger partial charge in [-0.2, -0.15) is 0 Å². The van der Waals surface area contributed by atoms with Crippen molar-refractivity contribution in [3.8, 4) is 16.9 Å². The van der Waals surface area contributed by atoms with Crippen LogP contribution in [-0.2, 0) is 0 Å². The van der Waals surface area contributed by atoms with E-state index in [9.17, 15) is 17.6 Å². The Kier molecular flexibility index (Phi) is 7.98. The Morgan fingerprint density at radius 2 is 1.63 bits per heavy atom. The van der Waals surface area contributed by atoms with Crippen molar-refractivity contribution in [2.75, 3.05) is 0 Å². The van der Waals surface area contributed by atoms with Gasteiger partial charge in [0.15, 0.2) is 11.6 Å². The second kappa shape index (κ2) is 11.0. The summed E-state index contributed by atoms with van der Waals surface area (Å²) in [6.45, 7) is 2.22. The summed E-state index contributed by atoms with van der Waals surface area (Å²) < 4.78 is 72.0. The van der Waals surface area contributed by atoms with E-state index in [0.29, 0.717) is 11.3 Å². The number of benzene rings is 3. The second-order valence-corrected chi connectivity index (χ2v) is 9.64. The molecule has 0 aliphatic heterocycles. The number of rotatable bonds is 8. The summed E-state index contributed by atoms with van der Waals surface area (Å²) in [7, 11) is 0. The largest absolute Gasteiger partial charge is 0.573 e. The van der Waals surface area contributed by atoms with Crippen molar-refractivity contribution in [1.82, 2.24) is 0 Å². The smallest absolute Gasteiger partial charge is 0.402 e. The van der Waals surface area contributed by atoms with Gasteiger partial charge < -0.3 is 4.74 Å². The molecule has 0 saturated heterocycles. The van der Waals surface area contributed by atoms with Gasteiger partial charge in [-0.25, -0.2) is 8.78 Å². The molecule has 6 heteroatoms. The van der Waals surface area contributed by atoms with Gasteiger partial charge in [0.2, 0.25) is 0 Å². The van der Waals surface area contributed by atoms with E-state index in [4.69, 9.17) is 0 Å². The van der Waals surface area contributed by atoms with Crippen molar-refractivity contribution in [1.29, 1.82) is 0 Å². The maximum atomic E-state index is 15.4. The average Bonchev–Trinajstić information content (AvgIpc) is 2.83. The highest BCUT2D eigenvalue weighted by Gasteiger charge is 2.34. The minimum Gasteiger partial charge on any atom is -0.402 e. The molecule has 3 aromatic rings. The zero-order valence-corrected chi connectivity index (χ0v) is 19.9. The van der Waals surface area contributed by atoms with Crippen LogP contribution in [0.25, 0.3) is 21.9 Å². The molecule has 1 aliphatic rings. The summed E-state index contributed by atoms with van der Waals surface area (Å²) in [6, 6.07) is 12.0. The minimum atomic E-state index is -5.09. The van der Waals surface area contributed by atoms with E-state index < -0.39 is 23.7 Å². The molecule has 0 bridgehead atoms. The quantitative estimate of drug-likeness (QED) is 0.225. The van der Waals surface area contributed by atoms with Crippen molar-refractivity contribution >= 4 is 10.8 Å². The van der Waals surface area contributed by atoms with E-state index in [1.807, 2.05) is 12.1 Å². The maximum Gasteiger partial charge on any atom is 0.573 e. The summed E-state index contributed by atoms with van der Waals surface area (Å²) >= 11 is 0. The lowest BCUT2D eigenvalue weighted by Gasteiger charge is -2.29.